The average molecular weight is 412 g/mol. The van der Waals surface area contributed by atoms with E-state index >= 15 is 0 Å². The van der Waals surface area contributed by atoms with Gasteiger partial charge in [-0.25, -0.2) is 13.8 Å². The monoisotopic (exact) mass is 412 g/mol. The SMILES string of the molecule is NC(=O)c1c(F)ccc(OCc2nc3cc(-c4cccc(O)c4)ccc3s2)c1F. The number of phenolic OH excluding ortho intramolecular Hbond substituents is 1. The van der Waals surface area contributed by atoms with Crippen molar-refractivity contribution in [3.05, 3.63) is 76.8 Å². The molecular weight excluding hydrogens is 398 g/mol. The number of rotatable bonds is 5. The number of phenols is 1. The Morgan fingerprint density at radius 1 is 1.10 bits per heavy atom. The Labute approximate surface area is 168 Å². The van der Waals surface area contributed by atoms with Crippen LogP contribution in [0.15, 0.2) is 54.6 Å². The first-order valence-corrected chi connectivity index (χ1v) is 9.33. The second-order valence-electron chi connectivity index (χ2n) is 6.23. The molecule has 146 valence electrons. The minimum Gasteiger partial charge on any atom is -0.508 e. The second kappa shape index (κ2) is 7.48. The number of halogens is 2. The van der Waals surface area contributed by atoms with Crippen LogP contribution in [-0.4, -0.2) is 16.0 Å². The highest BCUT2D eigenvalue weighted by atomic mass is 32.1. The highest BCUT2D eigenvalue weighted by Gasteiger charge is 2.19. The van der Waals surface area contributed by atoms with Gasteiger partial charge in [-0.05, 0) is 47.5 Å². The molecule has 0 radical (unpaired) electrons. The third-order valence-corrected chi connectivity index (χ3v) is 5.27. The molecule has 0 atom stereocenters. The van der Waals surface area contributed by atoms with Crippen LogP contribution < -0.4 is 10.5 Å². The van der Waals surface area contributed by atoms with Crippen molar-refractivity contribution in [3.63, 3.8) is 0 Å². The topological polar surface area (TPSA) is 85.4 Å². The molecule has 29 heavy (non-hydrogen) atoms. The fraction of sp³-hybridized carbons (Fsp3) is 0.0476. The molecule has 0 spiro atoms. The fourth-order valence-corrected chi connectivity index (χ4v) is 3.77. The highest BCUT2D eigenvalue weighted by molar-refractivity contribution is 7.18. The van der Waals surface area contributed by atoms with E-state index in [1.165, 1.54) is 11.3 Å². The summed E-state index contributed by atoms with van der Waals surface area (Å²) in [5.41, 5.74) is 6.65. The van der Waals surface area contributed by atoms with E-state index in [-0.39, 0.29) is 18.1 Å². The number of aromatic hydroxyl groups is 1. The van der Waals surface area contributed by atoms with Crippen molar-refractivity contribution in [2.24, 2.45) is 5.73 Å². The molecule has 1 amide bonds. The van der Waals surface area contributed by atoms with Gasteiger partial charge in [-0.1, -0.05) is 18.2 Å². The van der Waals surface area contributed by atoms with Gasteiger partial charge in [0, 0.05) is 0 Å². The molecule has 0 saturated carbocycles. The lowest BCUT2D eigenvalue weighted by atomic mass is 10.1. The number of carbonyl (C=O) groups is 1. The molecule has 0 saturated heterocycles. The molecule has 5 nitrogen and oxygen atoms in total. The summed E-state index contributed by atoms with van der Waals surface area (Å²) in [5.74, 6) is -3.48. The third-order valence-electron chi connectivity index (χ3n) is 4.26. The Morgan fingerprint density at radius 3 is 2.66 bits per heavy atom. The molecule has 4 aromatic rings. The molecule has 0 bridgehead atoms. The van der Waals surface area contributed by atoms with Gasteiger partial charge in [0.2, 0.25) is 0 Å². The zero-order chi connectivity index (χ0) is 20.5. The molecule has 3 aromatic carbocycles. The van der Waals surface area contributed by atoms with E-state index in [0.29, 0.717) is 5.01 Å². The normalized spacial score (nSPS) is 11.0. The minimum absolute atomic E-state index is 0.0540. The zero-order valence-corrected chi connectivity index (χ0v) is 15.7. The van der Waals surface area contributed by atoms with Gasteiger partial charge >= 0.3 is 0 Å². The van der Waals surface area contributed by atoms with Gasteiger partial charge in [0.25, 0.3) is 5.91 Å². The number of carbonyl (C=O) groups excluding carboxylic acids is 1. The van der Waals surface area contributed by atoms with Crippen LogP contribution in [0.1, 0.15) is 15.4 Å². The molecule has 0 aliphatic rings. The Morgan fingerprint density at radius 2 is 1.90 bits per heavy atom. The van der Waals surface area contributed by atoms with E-state index in [2.05, 4.69) is 4.98 Å². The fourth-order valence-electron chi connectivity index (χ4n) is 2.91. The highest BCUT2D eigenvalue weighted by Crippen LogP contribution is 2.30. The lowest BCUT2D eigenvalue weighted by Gasteiger charge is -2.08. The summed E-state index contributed by atoms with van der Waals surface area (Å²) in [7, 11) is 0. The predicted molar refractivity (Wildman–Crippen MR) is 106 cm³/mol. The van der Waals surface area contributed by atoms with Crippen LogP contribution in [0.5, 0.6) is 11.5 Å². The van der Waals surface area contributed by atoms with Crippen LogP contribution >= 0.6 is 11.3 Å². The summed E-state index contributed by atoms with van der Waals surface area (Å²) in [6.45, 7) is -0.0540. The molecule has 1 aromatic heterocycles. The number of aromatic nitrogens is 1. The van der Waals surface area contributed by atoms with Gasteiger partial charge in [-0.3, -0.25) is 4.79 Å². The van der Waals surface area contributed by atoms with E-state index in [0.717, 1.165) is 33.5 Å². The van der Waals surface area contributed by atoms with Crippen molar-refractivity contribution in [1.29, 1.82) is 0 Å². The number of primary amides is 1. The smallest absolute Gasteiger partial charge is 0.254 e. The van der Waals surface area contributed by atoms with Gasteiger partial charge in [-0.2, -0.15) is 0 Å². The molecule has 0 aliphatic heterocycles. The summed E-state index contributed by atoms with van der Waals surface area (Å²) in [5, 5.41) is 10.2. The average Bonchev–Trinajstić information content (AvgIpc) is 3.09. The first-order chi connectivity index (χ1) is 13.9. The first-order valence-electron chi connectivity index (χ1n) is 8.52. The van der Waals surface area contributed by atoms with E-state index in [1.54, 1.807) is 18.2 Å². The molecule has 3 N–H and O–H groups in total. The second-order valence-corrected chi connectivity index (χ2v) is 7.34. The molecular formula is C21H14F2N2O3S. The lowest BCUT2D eigenvalue weighted by molar-refractivity contribution is 0.0991. The standard InChI is InChI=1S/C21H14F2N2O3S/c22-14-5-6-16(20(23)19(14)21(24)27)28-10-18-25-15-9-12(4-7-17(15)29-18)11-2-1-3-13(26)8-11/h1-9,26H,10H2,(H2,24,27). The van der Waals surface area contributed by atoms with Crippen molar-refractivity contribution in [3.8, 4) is 22.6 Å². The van der Waals surface area contributed by atoms with Gasteiger partial charge in [0.15, 0.2) is 11.6 Å². The zero-order valence-electron chi connectivity index (χ0n) is 14.9. The Bertz CT molecular complexity index is 1240. The summed E-state index contributed by atoms with van der Waals surface area (Å²) in [6.07, 6.45) is 0. The van der Waals surface area contributed by atoms with Gasteiger partial charge in [-0.15, -0.1) is 11.3 Å². The number of thiazole rings is 1. The number of benzene rings is 3. The lowest BCUT2D eigenvalue weighted by Crippen LogP contribution is -2.16. The van der Waals surface area contributed by atoms with Crippen LogP contribution in [0.2, 0.25) is 0 Å². The number of nitrogens with zero attached hydrogens (tertiary/aromatic N) is 1. The van der Waals surface area contributed by atoms with Crippen molar-refractivity contribution in [1.82, 2.24) is 4.98 Å². The number of hydrogen-bond acceptors (Lipinski definition) is 5. The van der Waals surface area contributed by atoms with Crippen molar-refractivity contribution in [2.45, 2.75) is 6.61 Å². The molecule has 0 fully saturated rings. The Hall–Kier alpha value is -3.52. The number of amides is 1. The van der Waals surface area contributed by atoms with E-state index in [9.17, 15) is 18.7 Å². The van der Waals surface area contributed by atoms with Crippen LogP contribution in [-0.2, 0) is 6.61 Å². The van der Waals surface area contributed by atoms with E-state index in [4.69, 9.17) is 10.5 Å². The van der Waals surface area contributed by atoms with E-state index < -0.39 is 23.1 Å². The molecule has 1 heterocycles. The predicted octanol–water partition coefficient (Wildman–Crippen LogP) is 4.63. The quantitative estimate of drug-likeness (QED) is 0.501. The van der Waals surface area contributed by atoms with Crippen LogP contribution in [0.3, 0.4) is 0 Å². The molecule has 8 heteroatoms. The molecule has 4 rings (SSSR count). The summed E-state index contributed by atoms with van der Waals surface area (Å²) < 4.78 is 34.1. The minimum atomic E-state index is -1.20. The Kier molecular flexibility index (Phi) is 4.85. The molecule has 0 aliphatic carbocycles. The van der Waals surface area contributed by atoms with Crippen molar-refractivity contribution >= 4 is 27.5 Å². The Balaban J connectivity index is 1.58. The van der Waals surface area contributed by atoms with Crippen molar-refractivity contribution < 1.29 is 23.4 Å². The summed E-state index contributed by atoms with van der Waals surface area (Å²) >= 11 is 1.37. The number of ether oxygens (including phenoxy) is 1. The number of fused-ring (bicyclic) bond motifs is 1. The first kappa shape index (κ1) is 18.8. The van der Waals surface area contributed by atoms with Gasteiger partial charge in [0.1, 0.15) is 28.7 Å². The molecule has 0 unspecified atom stereocenters. The van der Waals surface area contributed by atoms with Crippen LogP contribution in [0.4, 0.5) is 8.78 Å². The maximum Gasteiger partial charge on any atom is 0.254 e. The summed E-state index contributed by atoms with van der Waals surface area (Å²) in [4.78, 5) is 15.7. The summed E-state index contributed by atoms with van der Waals surface area (Å²) in [6, 6.07) is 14.6. The van der Waals surface area contributed by atoms with Crippen LogP contribution in [0.25, 0.3) is 21.3 Å². The van der Waals surface area contributed by atoms with Crippen molar-refractivity contribution in [2.75, 3.05) is 0 Å². The van der Waals surface area contributed by atoms with Gasteiger partial charge in [0.05, 0.1) is 10.2 Å². The largest absolute Gasteiger partial charge is 0.508 e. The van der Waals surface area contributed by atoms with Gasteiger partial charge < -0.3 is 15.6 Å². The third kappa shape index (κ3) is 3.74. The maximum atomic E-state index is 14.3. The van der Waals surface area contributed by atoms with E-state index in [1.807, 2.05) is 24.3 Å². The maximum absolute atomic E-state index is 14.3. The van der Waals surface area contributed by atoms with Crippen LogP contribution in [0, 0.1) is 11.6 Å². The number of hydrogen-bond donors (Lipinski definition) is 2. The number of nitrogens with two attached hydrogens (primary N) is 1.